The Morgan fingerprint density at radius 3 is 2.29 bits per heavy atom. The number of benzene rings is 1. The second-order valence-corrected chi connectivity index (χ2v) is 3.33. The first-order valence-electron chi connectivity index (χ1n) is 4.37. The molecule has 0 saturated carbocycles. The van der Waals surface area contributed by atoms with E-state index in [-0.39, 0.29) is 0 Å². The number of hydrogen-bond donors (Lipinski definition) is 1. The van der Waals surface area contributed by atoms with Crippen molar-refractivity contribution in [2.75, 3.05) is 7.11 Å². The first-order valence-corrected chi connectivity index (χ1v) is 4.37. The molecule has 0 unspecified atom stereocenters. The molecular weight excluding hydrogens is 180 g/mol. The molecule has 1 aromatic carbocycles. The predicted molar refractivity (Wildman–Crippen MR) is 54.2 cm³/mol. The van der Waals surface area contributed by atoms with E-state index in [4.69, 9.17) is 9.84 Å². The van der Waals surface area contributed by atoms with Gasteiger partial charge in [-0.1, -0.05) is 0 Å². The quantitative estimate of drug-likeness (QED) is 0.785. The highest BCUT2D eigenvalue weighted by Crippen LogP contribution is 2.28. The normalized spacial score (nSPS) is 10.0. The first-order chi connectivity index (χ1) is 6.49. The van der Waals surface area contributed by atoms with Crippen LogP contribution in [0, 0.1) is 20.8 Å². The second-order valence-electron chi connectivity index (χ2n) is 3.33. The fourth-order valence-electron chi connectivity index (χ4n) is 1.59. The van der Waals surface area contributed by atoms with Gasteiger partial charge in [-0.2, -0.15) is 0 Å². The van der Waals surface area contributed by atoms with Gasteiger partial charge in [0.05, 0.1) is 12.7 Å². The van der Waals surface area contributed by atoms with E-state index in [9.17, 15) is 4.79 Å². The van der Waals surface area contributed by atoms with Crippen LogP contribution in [0.15, 0.2) is 6.07 Å². The third kappa shape index (κ3) is 1.58. The fourth-order valence-corrected chi connectivity index (χ4v) is 1.59. The highest BCUT2D eigenvalue weighted by atomic mass is 16.5. The molecule has 3 heteroatoms. The van der Waals surface area contributed by atoms with E-state index in [0.717, 1.165) is 22.4 Å². The number of aromatic carboxylic acids is 1. The summed E-state index contributed by atoms with van der Waals surface area (Å²) in [5.74, 6) is -0.121. The summed E-state index contributed by atoms with van der Waals surface area (Å²) in [4.78, 5) is 10.9. The van der Waals surface area contributed by atoms with Crippen molar-refractivity contribution in [2.24, 2.45) is 0 Å². The van der Waals surface area contributed by atoms with Gasteiger partial charge in [-0.3, -0.25) is 0 Å². The minimum Gasteiger partial charge on any atom is -0.496 e. The number of carbonyl (C=O) groups is 1. The fraction of sp³-hybridized carbons (Fsp3) is 0.364. The third-order valence-corrected chi connectivity index (χ3v) is 2.46. The van der Waals surface area contributed by atoms with E-state index in [2.05, 4.69) is 0 Å². The Labute approximate surface area is 83.3 Å². The van der Waals surface area contributed by atoms with Crippen LogP contribution in [0.3, 0.4) is 0 Å². The van der Waals surface area contributed by atoms with E-state index in [1.54, 1.807) is 20.1 Å². The summed E-state index contributed by atoms with van der Waals surface area (Å²) in [5.41, 5.74) is 2.86. The summed E-state index contributed by atoms with van der Waals surface area (Å²) in [6.45, 7) is 5.51. The van der Waals surface area contributed by atoms with Crippen LogP contribution in [0.4, 0.5) is 0 Å². The molecule has 3 nitrogen and oxygen atoms in total. The highest BCUT2D eigenvalue weighted by molar-refractivity contribution is 5.90. The predicted octanol–water partition coefficient (Wildman–Crippen LogP) is 2.32. The summed E-state index contributed by atoms with van der Waals surface area (Å²) in [7, 11) is 1.59. The molecule has 0 radical (unpaired) electrons. The SMILES string of the molecule is COc1c(C)cc(C(=O)O)c(C)c1C. The Kier molecular flexibility index (Phi) is 2.79. The smallest absolute Gasteiger partial charge is 0.335 e. The van der Waals surface area contributed by atoms with E-state index in [1.165, 1.54) is 0 Å². The topological polar surface area (TPSA) is 46.5 Å². The molecule has 1 aromatic rings. The molecule has 0 fully saturated rings. The molecule has 0 aliphatic heterocycles. The molecule has 0 amide bonds. The van der Waals surface area contributed by atoms with E-state index < -0.39 is 5.97 Å². The molecule has 14 heavy (non-hydrogen) atoms. The van der Waals surface area contributed by atoms with Gasteiger partial charge in [0, 0.05) is 0 Å². The maximum absolute atomic E-state index is 10.9. The van der Waals surface area contributed by atoms with Crippen LogP contribution in [0.1, 0.15) is 27.0 Å². The van der Waals surface area contributed by atoms with E-state index in [1.807, 2.05) is 13.8 Å². The van der Waals surface area contributed by atoms with E-state index >= 15 is 0 Å². The second kappa shape index (κ2) is 3.70. The molecule has 76 valence electrons. The average Bonchev–Trinajstić information content (AvgIpc) is 2.12. The molecule has 0 spiro atoms. The van der Waals surface area contributed by atoms with Crippen molar-refractivity contribution in [3.63, 3.8) is 0 Å². The maximum atomic E-state index is 10.9. The standard InChI is InChI=1S/C11H14O3/c1-6-5-9(11(12)13)7(2)8(3)10(6)14-4/h5H,1-4H3,(H,12,13). The van der Waals surface area contributed by atoms with Gasteiger partial charge in [0.2, 0.25) is 0 Å². The minimum atomic E-state index is -0.892. The molecule has 0 heterocycles. The third-order valence-electron chi connectivity index (χ3n) is 2.46. The van der Waals surface area contributed by atoms with Crippen molar-refractivity contribution in [1.82, 2.24) is 0 Å². The molecule has 0 aliphatic rings. The number of carboxylic acid groups (broad SMARTS) is 1. The number of ether oxygens (including phenoxy) is 1. The Morgan fingerprint density at radius 2 is 1.86 bits per heavy atom. The number of aryl methyl sites for hydroxylation is 1. The average molecular weight is 194 g/mol. The van der Waals surface area contributed by atoms with Gasteiger partial charge >= 0.3 is 5.97 Å². The molecule has 0 bridgehead atoms. The van der Waals surface area contributed by atoms with E-state index in [0.29, 0.717) is 5.56 Å². The van der Waals surface area contributed by atoms with Crippen molar-refractivity contribution in [3.8, 4) is 5.75 Å². The number of hydrogen-bond acceptors (Lipinski definition) is 2. The molecule has 1 N–H and O–H groups in total. The van der Waals surface area contributed by atoms with Crippen molar-refractivity contribution < 1.29 is 14.6 Å². The van der Waals surface area contributed by atoms with Crippen molar-refractivity contribution in [1.29, 1.82) is 0 Å². The van der Waals surface area contributed by atoms with Crippen molar-refractivity contribution in [2.45, 2.75) is 20.8 Å². The Hall–Kier alpha value is -1.51. The summed E-state index contributed by atoms with van der Waals surface area (Å²) in [6, 6.07) is 1.64. The van der Waals surface area contributed by atoms with Crippen LogP contribution in [0.5, 0.6) is 5.75 Å². The Morgan fingerprint density at radius 1 is 1.29 bits per heavy atom. The van der Waals surface area contributed by atoms with Gasteiger partial charge in [0.25, 0.3) is 0 Å². The van der Waals surface area contributed by atoms with Gasteiger partial charge in [-0.15, -0.1) is 0 Å². The van der Waals surface area contributed by atoms with Crippen LogP contribution in [0.25, 0.3) is 0 Å². The number of rotatable bonds is 2. The zero-order chi connectivity index (χ0) is 10.9. The van der Waals surface area contributed by atoms with Gasteiger partial charge in [-0.05, 0) is 43.5 Å². The van der Waals surface area contributed by atoms with Crippen LogP contribution in [0.2, 0.25) is 0 Å². The van der Waals surface area contributed by atoms with Crippen LogP contribution < -0.4 is 4.74 Å². The summed E-state index contributed by atoms with van der Waals surface area (Å²) in [6.07, 6.45) is 0. The first kappa shape index (κ1) is 10.6. The van der Waals surface area contributed by atoms with Gasteiger partial charge in [-0.25, -0.2) is 4.79 Å². The maximum Gasteiger partial charge on any atom is 0.335 e. The van der Waals surface area contributed by atoms with Crippen LogP contribution in [-0.2, 0) is 0 Å². The molecular formula is C11H14O3. The van der Waals surface area contributed by atoms with Gasteiger partial charge in [0.1, 0.15) is 5.75 Å². The summed E-state index contributed by atoms with van der Waals surface area (Å²) < 4.78 is 5.20. The van der Waals surface area contributed by atoms with Crippen LogP contribution in [-0.4, -0.2) is 18.2 Å². The van der Waals surface area contributed by atoms with Crippen molar-refractivity contribution >= 4 is 5.97 Å². The molecule has 0 atom stereocenters. The van der Waals surface area contributed by atoms with Crippen LogP contribution >= 0.6 is 0 Å². The van der Waals surface area contributed by atoms with Gasteiger partial charge < -0.3 is 9.84 Å². The van der Waals surface area contributed by atoms with Crippen molar-refractivity contribution in [3.05, 3.63) is 28.3 Å². The zero-order valence-corrected chi connectivity index (χ0v) is 8.84. The lowest BCUT2D eigenvalue weighted by atomic mass is 9.99. The molecule has 0 aliphatic carbocycles. The highest BCUT2D eigenvalue weighted by Gasteiger charge is 2.14. The number of carboxylic acids is 1. The zero-order valence-electron chi connectivity index (χ0n) is 8.84. The Balaban J connectivity index is 3.47. The monoisotopic (exact) mass is 194 g/mol. The summed E-state index contributed by atoms with van der Waals surface area (Å²) in [5, 5.41) is 8.94. The summed E-state index contributed by atoms with van der Waals surface area (Å²) >= 11 is 0. The molecule has 1 rings (SSSR count). The molecule has 0 aromatic heterocycles. The minimum absolute atomic E-state index is 0.348. The largest absolute Gasteiger partial charge is 0.496 e. The Bertz CT molecular complexity index is 381. The lowest BCUT2D eigenvalue weighted by Gasteiger charge is -2.13. The number of methoxy groups -OCH3 is 1. The lowest BCUT2D eigenvalue weighted by molar-refractivity contribution is 0.0696. The van der Waals surface area contributed by atoms with Gasteiger partial charge in [0.15, 0.2) is 0 Å². The lowest BCUT2D eigenvalue weighted by Crippen LogP contribution is -2.04. The molecule has 0 saturated heterocycles.